The highest BCUT2D eigenvalue weighted by Crippen LogP contribution is 2.21. The number of aliphatic hydroxyl groups is 1. The number of carbonyl (C=O) groups excluding carboxylic acids is 1. The summed E-state index contributed by atoms with van der Waals surface area (Å²) in [6.07, 6.45) is 14.6. The number of aromatic hydroxyl groups is 1. The number of hydrogen-bond donors (Lipinski definition) is 4. The third-order valence-electron chi connectivity index (χ3n) is 7.09. The Kier molecular flexibility index (Phi) is 18.8. The maximum atomic E-state index is 12.7. The fraction of sp³-hybridized carbons (Fsp3) is 0.581. The Hall–Kier alpha value is -1.92. The Labute approximate surface area is 230 Å². The van der Waals surface area contributed by atoms with Crippen LogP contribution in [0.3, 0.4) is 0 Å². The van der Waals surface area contributed by atoms with E-state index in [4.69, 9.17) is 5.73 Å². The van der Waals surface area contributed by atoms with Crippen molar-refractivity contribution in [3.05, 3.63) is 65.7 Å². The topological polar surface area (TPSA) is 95.6 Å². The maximum Gasteiger partial charge on any atom is 0.179 e. The van der Waals surface area contributed by atoms with Crippen LogP contribution in [0.4, 0.5) is 0 Å². The fourth-order valence-electron chi connectivity index (χ4n) is 4.82. The number of phenolic OH excluding ortho intramolecular Hbond substituents is 1. The number of nitrogens with one attached hydrogen (secondary N) is 1. The highest BCUT2D eigenvalue weighted by Gasteiger charge is 2.24. The number of aliphatic hydroxyl groups excluding tert-OH is 1. The van der Waals surface area contributed by atoms with Crippen molar-refractivity contribution in [1.82, 2.24) is 5.32 Å². The summed E-state index contributed by atoms with van der Waals surface area (Å²) in [6, 6.07) is 16.3. The molecule has 0 spiro atoms. The SMILES string of the molecule is Cl.NC(C(=O)c1ccccc1)C(CCO)CCCCCCCCCCCNCCCc1ccccc1O. The van der Waals surface area contributed by atoms with Crippen LogP contribution in [0.1, 0.15) is 93.0 Å². The van der Waals surface area contributed by atoms with Crippen LogP contribution in [0.5, 0.6) is 5.75 Å². The normalized spacial score (nSPS) is 12.6. The van der Waals surface area contributed by atoms with Crippen LogP contribution in [0.25, 0.3) is 0 Å². The van der Waals surface area contributed by atoms with Gasteiger partial charge in [-0.25, -0.2) is 0 Å². The molecular weight excluding hydrogens is 484 g/mol. The average molecular weight is 533 g/mol. The summed E-state index contributed by atoms with van der Waals surface area (Å²) in [5.74, 6) is 0.432. The Bertz CT molecular complexity index is 834. The third-order valence-corrected chi connectivity index (χ3v) is 7.09. The quantitative estimate of drug-likeness (QED) is 0.109. The van der Waals surface area contributed by atoms with Crippen molar-refractivity contribution in [1.29, 1.82) is 0 Å². The third kappa shape index (κ3) is 14.0. The van der Waals surface area contributed by atoms with Crippen molar-refractivity contribution < 1.29 is 15.0 Å². The lowest BCUT2D eigenvalue weighted by molar-refractivity contribution is 0.0915. The number of ketones is 1. The second-order valence-corrected chi connectivity index (χ2v) is 9.98. The van der Waals surface area contributed by atoms with Gasteiger partial charge in [0.05, 0.1) is 6.04 Å². The first-order valence-corrected chi connectivity index (χ1v) is 14.1. The number of hydrogen-bond acceptors (Lipinski definition) is 5. The lowest BCUT2D eigenvalue weighted by Gasteiger charge is -2.22. The summed E-state index contributed by atoms with van der Waals surface area (Å²) in [4.78, 5) is 12.7. The number of halogens is 1. The summed E-state index contributed by atoms with van der Waals surface area (Å²) in [6.45, 7) is 2.15. The van der Waals surface area contributed by atoms with Crippen LogP contribution >= 0.6 is 12.4 Å². The first-order chi connectivity index (χ1) is 17.6. The van der Waals surface area contributed by atoms with Gasteiger partial charge in [0, 0.05) is 12.2 Å². The highest BCUT2D eigenvalue weighted by atomic mass is 35.5. The number of Topliss-reactive ketones (excluding diaryl/α,β-unsaturated/α-hetero) is 1. The van der Waals surface area contributed by atoms with Gasteiger partial charge in [-0.05, 0) is 62.7 Å². The van der Waals surface area contributed by atoms with Gasteiger partial charge in [0.1, 0.15) is 5.75 Å². The molecule has 5 nitrogen and oxygen atoms in total. The molecule has 0 aliphatic rings. The van der Waals surface area contributed by atoms with Crippen molar-refractivity contribution in [3.63, 3.8) is 0 Å². The molecule has 0 saturated carbocycles. The number of aryl methyl sites for hydroxylation is 1. The van der Waals surface area contributed by atoms with E-state index in [0.717, 1.165) is 44.3 Å². The van der Waals surface area contributed by atoms with E-state index in [9.17, 15) is 15.0 Å². The van der Waals surface area contributed by atoms with E-state index >= 15 is 0 Å². The zero-order valence-electron chi connectivity index (χ0n) is 22.5. The van der Waals surface area contributed by atoms with Crippen LogP contribution in [0.2, 0.25) is 0 Å². The maximum absolute atomic E-state index is 12.7. The number of phenols is 1. The smallest absolute Gasteiger partial charge is 0.179 e. The average Bonchev–Trinajstić information content (AvgIpc) is 2.90. The van der Waals surface area contributed by atoms with Gasteiger partial charge in [-0.15, -0.1) is 12.4 Å². The summed E-state index contributed by atoms with van der Waals surface area (Å²) >= 11 is 0. The molecule has 0 radical (unpaired) electrons. The Morgan fingerprint density at radius 3 is 1.97 bits per heavy atom. The first kappa shape index (κ1) is 33.1. The van der Waals surface area contributed by atoms with E-state index in [2.05, 4.69) is 5.32 Å². The number of para-hydroxylation sites is 1. The molecule has 2 aromatic carbocycles. The predicted octanol–water partition coefficient (Wildman–Crippen LogP) is 6.45. The van der Waals surface area contributed by atoms with Gasteiger partial charge < -0.3 is 21.3 Å². The Morgan fingerprint density at radius 2 is 1.32 bits per heavy atom. The van der Waals surface area contributed by atoms with Crippen LogP contribution in [0, 0.1) is 5.92 Å². The molecule has 0 saturated heterocycles. The van der Waals surface area contributed by atoms with Crippen LogP contribution in [-0.2, 0) is 6.42 Å². The van der Waals surface area contributed by atoms with Crippen molar-refractivity contribution in [2.75, 3.05) is 19.7 Å². The minimum atomic E-state index is -0.536. The molecule has 2 unspecified atom stereocenters. The van der Waals surface area contributed by atoms with E-state index in [1.54, 1.807) is 6.07 Å². The van der Waals surface area contributed by atoms with Crippen molar-refractivity contribution in [2.45, 2.75) is 89.5 Å². The van der Waals surface area contributed by atoms with Gasteiger partial charge in [0.25, 0.3) is 0 Å². The largest absolute Gasteiger partial charge is 0.508 e. The predicted molar refractivity (Wildman–Crippen MR) is 157 cm³/mol. The molecule has 0 aliphatic heterocycles. The molecule has 2 aromatic rings. The molecule has 0 aromatic heterocycles. The molecule has 208 valence electrons. The second kappa shape index (κ2) is 21.1. The van der Waals surface area contributed by atoms with E-state index in [-0.39, 0.29) is 30.7 Å². The van der Waals surface area contributed by atoms with Crippen molar-refractivity contribution in [2.24, 2.45) is 11.7 Å². The van der Waals surface area contributed by atoms with Crippen molar-refractivity contribution in [3.8, 4) is 5.75 Å². The number of rotatable bonds is 21. The number of nitrogens with two attached hydrogens (primary N) is 1. The molecule has 2 atom stereocenters. The fourth-order valence-corrected chi connectivity index (χ4v) is 4.82. The molecule has 0 aliphatic carbocycles. The second-order valence-electron chi connectivity index (χ2n) is 9.98. The summed E-state index contributed by atoms with van der Waals surface area (Å²) in [5, 5.41) is 22.7. The van der Waals surface area contributed by atoms with Gasteiger partial charge in [0.15, 0.2) is 5.78 Å². The molecule has 2 rings (SSSR count). The highest BCUT2D eigenvalue weighted by molar-refractivity contribution is 6.00. The monoisotopic (exact) mass is 532 g/mol. The molecule has 0 amide bonds. The number of carbonyl (C=O) groups is 1. The minimum absolute atomic E-state index is 0. The number of benzene rings is 2. The van der Waals surface area contributed by atoms with E-state index < -0.39 is 6.04 Å². The molecule has 5 N–H and O–H groups in total. The molecule has 37 heavy (non-hydrogen) atoms. The van der Waals surface area contributed by atoms with Gasteiger partial charge in [0.2, 0.25) is 0 Å². The van der Waals surface area contributed by atoms with Crippen LogP contribution < -0.4 is 11.1 Å². The summed E-state index contributed by atoms with van der Waals surface area (Å²) in [5.41, 5.74) is 7.98. The number of unbranched alkanes of at least 4 members (excludes halogenated alkanes) is 8. The summed E-state index contributed by atoms with van der Waals surface area (Å²) < 4.78 is 0. The lowest BCUT2D eigenvalue weighted by atomic mass is 9.86. The van der Waals surface area contributed by atoms with Gasteiger partial charge in [-0.2, -0.15) is 0 Å². The summed E-state index contributed by atoms with van der Waals surface area (Å²) in [7, 11) is 0. The van der Waals surface area contributed by atoms with Gasteiger partial charge in [-0.1, -0.05) is 99.9 Å². The molecular formula is C31H49ClN2O3. The van der Waals surface area contributed by atoms with E-state index in [0.29, 0.717) is 17.7 Å². The lowest BCUT2D eigenvalue weighted by Crippen LogP contribution is -2.38. The van der Waals surface area contributed by atoms with Crippen LogP contribution in [0.15, 0.2) is 54.6 Å². The van der Waals surface area contributed by atoms with E-state index in [1.807, 2.05) is 48.5 Å². The Morgan fingerprint density at radius 1 is 0.757 bits per heavy atom. The molecule has 0 bridgehead atoms. The van der Waals surface area contributed by atoms with Gasteiger partial charge >= 0.3 is 0 Å². The standard InChI is InChI=1S/C31H48N2O3.ClH/c32-30(31(36)28-18-10-8-11-19-28)27(22-25-34)17-9-6-4-2-1-3-5-7-14-23-33-24-15-20-26-16-12-13-21-29(26)35;/h8,10-13,16,18-19,21,27,30,33-35H,1-7,9,14-15,17,20,22-25,32H2;1H. The van der Waals surface area contributed by atoms with E-state index in [1.165, 1.54) is 51.4 Å². The first-order valence-electron chi connectivity index (χ1n) is 14.1. The molecule has 6 heteroatoms. The zero-order chi connectivity index (χ0) is 25.8. The molecule has 0 fully saturated rings. The van der Waals surface area contributed by atoms with Crippen LogP contribution in [-0.4, -0.2) is 41.7 Å². The molecule has 0 heterocycles. The van der Waals surface area contributed by atoms with Crippen molar-refractivity contribution >= 4 is 18.2 Å². The van der Waals surface area contributed by atoms with Gasteiger partial charge in [-0.3, -0.25) is 4.79 Å². The Balaban J connectivity index is 0.00000684. The zero-order valence-corrected chi connectivity index (χ0v) is 23.3. The minimum Gasteiger partial charge on any atom is -0.508 e.